The lowest BCUT2D eigenvalue weighted by molar-refractivity contribution is 0.471. The van der Waals surface area contributed by atoms with E-state index in [1.807, 2.05) is 18.3 Å². The van der Waals surface area contributed by atoms with Crippen LogP contribution in [0.25, 0.3) is 16.7 Å². The van der Waals surface area contributed by atoms with E-state index in [0.29, 0.717) is 11.0 Å². The molecule has 5 heteroatoms. The van der Waals surface area contributed by atoms with Gasteiger partial charge in [-0.15, -0.1) is 0 Å². The summed E-state index contributed by atoms with van der Waals surface area (Å²) in [5.41, 5.74) is 1.68. The molecule has 0 saturated heterocycles. The lowest BCUT2D eigenvalue weighted by Crippen LogP contribution is -1.94. The summed E-state index contributed by atoms with van der Waals surface area (Å²) in [7, 11) is 0. The molecule has 0 atom stereocenters. The highest BCUT2D eigenvalue weighted by molar-refractivity contribution is 9.10. The molecule has 0 saturated carbocycles. The molecule has 84 valence electrons. The van der Waals surface area contributed by atoms with Crippen LogP contribution in [0.5, 0.6) is 5.75 Å². The first kappa shape index (κ1) is 10.3. The summed E-state index contributed by atoms with van der Waals surface area (Å²) in [4.78, 5) is 15.9. The fourth-order valence-corrected chi connectivity index (χ4v) is 2.10. The van der Waals surface area contributed by atoms with Gasteiger partial charge in [-0.3, -0.25) is 9.20 Å². The number of halogens is 1. The predicted molar refractivity (Wildman–Crippen MR) is 68.3 cm³/mol. The van der Waals surface area contributed by atoms with Gasteiger partial charge < -0.3 is 5.11 Å². The van der Waals surface area contributed by atoms with Gasteiger partial charge in [0.2, 0.25) is 5.43 Å². The average molecular weight is 291 g/mol. The molecule has 0 fully saturated rings. The molecule has 3 aromatic rings. The van der Waals surface area contributed by atoms with E-state index in [9.17, 15) is 9.90 Å². The number of aromatic hydroxyl groups is 1. The van der Waals surface area contributed by atoms with Crippen molar-refractivity contribution in [2.45, 2.75) is 0 Å². The Labute approximate surface area is 104 Å². The third-order valence-electron chi connectivity index (χ3n) is 2.57. The van der Waals surface area contributed by atoms with Crippen molar-refractivity contribution < 1.29 is 5.11 Å². The van der Waals surface area contributed by atoms with Crippen LogP contribution < -0.4 is 5.43 Å². The molecule has 0 unspecified atom stereocenters. The standard InChI is InChI=1S/C12H7BrN2O2/c13-7-1-4-12-14-8-2-3-10(16)11(17)5-9(8)15(12)6-7/h1-6H,(H,16,17). The van der Waals surface area contributed by atoms with E-state index in [1.165, 1.54) is 12.1 Å². The Morgan fingerprint density at radius 2 is 2.06 bits per heavy atom. The number of aromatic nitrogens is 2. The first-order valence-electron chi connectivity index (χ1n) is 4.96. The third kappa shape index (κ3) is 1.59. The highest BCUT2D eigenvalue weighted by atomic mass is 79.9. The van der Waals surface area contributed by atoms with Gasteiger partial charge in [-0.1, -0.05) is 0 Å². The van der Waals surface area contributed by atoms with Gasteiger partial charge in [0, 0.05) is 16.7 Å². The van der Waals surface area contributed by atoms with Crippen molar-refractivity contribution >= 4 is 32.6 Å². The molecule has 1 N–H and O–H groups in total. The second-order valence-corrected chi connectivity index (χ2v) is 4.60. The maximum atomic E-state index is 11.6. The summed E-state index contributed by atoms with van der Waals surface area (Å²) in [5, 5.41) is 9.38. The second-order valence-electron chi connectivity index (χ2n) is 3.68. The average Bonchev–Trinajstić information content (AvgIpc) is 2.57. The van der Waals surface area contributed by atoms with E-state index >= 15 is 0 Å². The molecule has 1 aromatic carbocycles. The molecular formula is C12H7BrN2O2. The highest BCUT2D eigenvalue weighted by Crippen LogP contribution is 2.18. The molecular weight excluding hydrogens is 284 g/mol. The van der Waals surface area contributed by atoms with Gasteiger partial charge in [-0.25, -0.2) is 4.98 Å². The van der Waals surface area contributed by atoms with Crippen LogP contribution in [0.1, 0.15) is 0 Å². The van der Waals surface area contributed by atoms with Crippen molar-refractivity contribution in [2.75, 3.05) is 0 Å². The SMILES string of the molecule is O=c1cc2c(ccc1O)nc1ccc(Br)cn12. The second kappa shape index (κ2) is 3.56. The molecule has 0 spiro atoms. The molecule has 2 heterocycles. The summed E-state index contributed by atoms with van der Waals surface area (Å²) in [5.74, 6) is -0.272. The topological polar surface area (TPSA) is 54.6 Å². The number of rotatable bonds is 0. The van der Waals surface area contributed by atoms with Gasteiger partial charge >= 0.3 is 0 Å². The number of nitrogens with zero attached hydrogens (tertiary/aromatic N) is 2. The quantitative estimate of drug-likeness (QED) is 0.691. The van der Waals surface area contributed by atoms with Crippen LogP contribution in [0.15, 0.2) is 45.8 Å². The molecule has 0 aliphatic carbocycles. The fourth-order valence-electron chi connectivity index (χ4n) is 1.76. The zero-order chi connectivity index (χ0) is 12.0. The minimum atomic E-state index is -0.415. The molecule has 0 bridgehead atoms. The summed E-state index contributed by atoms with van der Waals surface area (Å²) < 4.78 is 2.70. The lowest BCUT2D eigenvalue weighted by atomic mass is 10.4. The molecule has 3 rings (SSSR count). The molecule has 0 aliphatic heterocycles. The maximum absolute atomic E-state index is 11.6. The van der Waals surface area contributed by atoms with E-state index in [-0.39, 0.29) is 5.75 Å². The van der Waals surface area contributed by atoms with Crippen LogP contribution in [0.2, 0.25) is 0 Å². The van der Waals surface area contributed by atoms with Gasteiger partial charge in [-0.05, 0) is 40.2 Å². The van der Waals surface area contributed by atoms with Crippen LogP contribution >= 0.6 is 15.9 Å². The van der Waals surface area contributed by atoms with Gasteiger partial charge in [0.15, 0.2) is 5.75 Å². The Kier molecular flexibility index (Phi) is 2.16. The Balaban J connectivity index is 2.59. The van der Waals surface area contributed by atoms with E-state index in [0.717, 1.165) is 10.1 Å². The summed E-state index contributed by atoms with van der Waals surface area (Å²) in [6, 6.07) is 8.13. The Hall–Kier alpha value is -1.88. The minimum absolute atomic E-state index is 0.272. The largest absolute Gasteiger partial charge is 0.504 e. The number of fused-ring (bicyclic) bond motifs is 3. The summed E-state index contributed by atoms with van der Waals surface area (Å²) in [6.45, 7) is 0. The van der Waals surface area contributed by atoms with Crippen molar-refractivity contribution in [3.63, 3.8) is 0 Å². The normalized spacial score (nSPS) is 11.1. The van der Waals surface area contributed by atoms with E-state index in [1.54, 1.807) is 10.5 Å². The van der Waals surface area contributed by atoms with Gasteiger partial charge in [0.1, 0.15) is 5.65 Å². The van der Waals surface area contributed by atoms with Crippen molar-refractivity contribution in [1.29, 1.82) is 0 Å². The number of imidazole rings is 1. The van der Waals surface area contributed by atoms with Crippen molar-refractivity contribution in [3.05, 3.63) is 51.2 Å². The van der Waals surface area contributed by atoms with Crippen LogP contribution in [0.4, 0.5) is 0 Å². The Morgan fingerprint density at radius 1 is 1.24 bits per heavy atom. The monoisotopic (exact) mass is 290 g/mol. The van der Waals surface area contributed by atoms with Crippen LogP contribution in [-0.2, 0) is 0 Å². The van der Waals surface area contributed by atoms with Crippen molar-refractivity contribution in [1.82, 2.24) is 9.38 Å². The number of hydrogen-bond donors (Lipinski definition) is 1. The maximum Gasteiger partial charge on any atom is 0.222 e. The molecule has 17 heavy (non-hydrogen) atoms. The smallest absolute Gasteiger partial charge is 0.222 e. The third-order valence-corrected chi connectivity index (χ3v) is 3.04. The van der Waals surface area contributed by atoms with E-state index in [2.05, 4.69) is 20.9 Å². The summed E-state index contributed by atoms with van der Waals surface area (Å²) in [6.07, 6.45) is 1.83. The molecule has 4 nitrogen and oxygen atoms in total. The summed E-state index contributed by atoms with van der Waals surface area (Å²) >= 11 is 3.37. The van der Waals surface area contributed by atoms with Gasteiger partial charge in [0.05, 0.1) is 11.0 Å². The highest BCUT2D eigenvalue weighted by Gasteiger charge is 2.05. The first-order chi connectivity index (χ1) is 8.15. The number of pyridine rings is 1. The Bertz CT molecular complexity index is 795. The number of hydrogen-bond acceptors (Lipinski definition) is 3. The Morgan fingerprint density at radius 3 is 2.88 bits per heavy atom. The van der Waals surface area contributed by atoms with Crippen molar-refractivity contribution in [3.8, 4) is 5.75 Å². The van der Waals surface area contributed by atoms with Crippen LogP contribution in [-0.4, -0.2) is 14.5 Å². The zero-order valence-electron chi connectivity index (χ0n) is 8.59. The minimum Gasteiger partial charge on any atom is -0.504 e. The fraction of sp³-hybridized carbons (Fsp3) is 0. The van der Waals surface area contributed by atoms with Gasteiger partial charge in [-0.2, -0.15) is 0 Å². The molecule has 0 amide bonds. The van der Waals surface area contributed by atoms with Crippen molar-refractivity contribution in [2.24, 2.45) is 0 Å². The predicted octanol–water partition coefficient (Wildman–Crippen LogP) is 2.32. The van der Waals surface area contributed by atoms with Crippen LogP contribution in [0, 0.1) is 0 Å². The first-order valence-corrected chi connectivity index (χ1v) is 5.75. The molecule has 2 aromatic heterocycles. The van der Waals surface area contributed by atoms with E-state index in [4.69, 9.17) is 0 Å². The van der Waals surface area contributed by atoms with E-state index < -0.39 is 5.43 Å². The van der Waals surface area contributed by atoms with Gasteiger partial charge in [0.25, 0.3) is 0 Å². The molecule has 0 radical (unpaired) electrons. The molecule has 0 aliphatic rings. The van der Waals surface area contributed by atoms with Crippen LogP contribution in [0.3, 0.4) is 0 Å². The lowest BCUT2D eigenvalue weighted by Gasteiger charge is -1.94. The zero-order valence-corrected chi connectivity index (χ0v) is 10.2.